The van der Waals surface area contributed by atoms with Crippen molar-refractivity contribution in [1.82, 2.24) is 4.98 Å². The van der Waals surface area contributed by atoms with Crippen LogP contribution < -0.4 is 10.9 Å². The van der Waals surface area contributed by atoms with Crippen molar-refractivity contribution >= 4 is 28.7 Å². The van der Waals surface area contributed by atoms with Crippen LogP contribution in [0, 0.1) is 0 Å². The number of ketones is 1. The summed E-state index contributed by atoms with van der Waals surface area (Å²) in [6, 6.07) is 4.16. The van der Waals surface area contributed by atoms with Crippen LogP contribution >= 0.6 is 0 Å². The van der Waals surface area contributed by atoms with Crippen LogP contribution in [-0.4, -0.2) is 68.4 Å². The van der Waals surface area contributed by atoms with Crippen molar-refractivity contribution < 1.29 is 31.4 Å². The van der Waals surface area contributed by atoms with E-state index in [1.165, 1.54) is 31.2 Å². The number of rotatable bonds is 8. The third kappa shape index (κ3) is 4.14. The van der Waals surface area contributed by atoms with E-state index in [2.05, 4.69) is 4.98 Å². The molecule has 0 unspecified atom stereocenters. The number of aliphatic hydroxyl groups is 4. The average Bonchev–Trinajstić information content (AvgIpc) is 2.65. The zero-order chi connectivity index (χ0) is 20.3. The lowest BCUT2D eigenvalue weighted by atomic mass is 10.0. The van der Waals surface area contributed by atoms with Crippen LogP contribution in [0.4, 0.5) is 5.69 Å². The largest absolute Gasteiger partial charge is 0.394 e. The first-order valence-corrected chi connectivity index (χ1v) is 7.77. The number of benzene rings is 1. The van der Waals surface area contributed by atoms with Gasteiger partial charge in [-0.25, -0.2) is 0 Å². The van der Waals surface area contributed by atoms with E-state index >= 15 is 0 Å². The van der Waals surface area contributed by atoms with Gasteiger partial charge in [0, 0.05) is 5.69 Å². The third-order valence-corrected chi connectivity index (χ3v) is 3.93. The summed E-state index contributed by atoms with van der Waals surface area (Å²) in [4.78, 5) is 37.2. The number of fused-ring (bicyclic) bond motifs is 1. The standard InChI is InChI=1S/C17H20N2O7/c1-8(22)11-4-9-2-3-10(5-12(9)19-17(11)26)18-13(6-20)15(24)16(25)14(23)7-21/h2-6,13-16,18,21,23-25H,7H2,1H3,(H,19,26)/t13-,14+,15+,16+/m0/s1/i/hD. The van der Waals surface area contributed by atoms with Gasteiger partial charge < -0.3 is 35.5 Å². The van der Waals surface area contributed by atoms with Crippen LogP contribution in [0.5, 0.6) is 0 Å². The quantitative estimate of drug-likeness (QED) is 0.251. The molecule has 0 saturated carbocycles. The average molecular weight is 365 g/mol. The van der Waals surface area contributed by atoms with Crippen molar-refractivity contribution in [2.45, 2.75) is 31.3 Å². The zero-order valence-corrected chi connectivity index (χ0v) is 13.9. The minimum atomic E-state index is -1.85. The first-order chi connectivity index (χ1) is 12.7. The molecule has 0 bridgehead atoms. The molecule has 0 aliphatic rings. The maximum atomic E-state index is 11.9. The van der Waals surface area contributed by atoms with Crippen LogP contribution in [0.2, 0.25) is 1.41 Å². The van der Waals surface area contributed by atoms with Crippen molar-refractivity contribution in [3.05, 3.63) is 40.2 Å². The van der Waals surface area contributed by atoms with E-state index in [0.29, 0.717) is 16.2 Å². The second-order valence-electron chi connectivity index (χ2n) is 5.83. The van der Waals surface area contributed by atoms with Gasteiger partial charge in [-0.3, -0.25) is 9.59 Å². The topological polar surface area (TPSA) is 160 Å². The molecule has 9 heteroatoms. The predicted octanol–water partition coefficient (Wildman–Crippen LogP) is -1.21. The Labute approximate surface area is 149 Å². The second-order valence-corrected chi connectivity index (χ2v) is 5.83. The van der Waals surface area contributed by atoms with Gasteiger partial charge in [-0.2, -0.15) is 0 Å². The molecular weight excluding hydrogens is 344 g/mol. The first-order valence-electron chi connectivity index (χ1n) is 8.22. The number of nitrogens with one attached hydrogen (secondary N) is 2. The number of Topliss-reactive ketones (excluding diaryl/α,β-unsaturated/α-hetero) is 1. The molecule has 1 heterocycles. The highest BCUT2D eigenvalue weighted by molar-refractivity contribution is 5.97. The number of hydrogen-bond acceptors (Lipinski definition) is 8. The summed E-state index contributed by atoms with van der Waals surface area (Å²) >= 11 is 0. The maximum absolute atomic E-state index is 11.9. The molecule has 2 rings (SSSR count). The number of aromatic nitrogens is 1. The number of aromatic amines is 1. The summed E-state index contributed by atoms with van der Waals surface area (Å²) in [7, 11) is 0. The summed E-state index contributed by atoms with van der Waals surface area (Å²) in [6.07, 6.45) is -5.17. The summed E-state index contributed by atoms with van der Waals surface area (Å²) in [6.45, 7) is 0.427. The van der Waals surface area contributed by atoms with Gasteiger partial charge in [0.25, 0.3) is 5.56 Å². The lowest BCUT2D eigenvalue weighted by molar-refractivity contribution is -0.117. The molecule has 0 saturated heterocycles. The van der Waals surface area contributed by atoms with E-state index in [1.807, 2.05) is 0 Å². The molecular formula is C17H20N2O7. The number of H-pyrrole nitrogens is 1. The molecule has 0 aliphatic heterocycles. The summed E-state index contributed by atoms with van der Waals surface area (Å²) in [5.41, 5.74) is -0.206. The summed E-state index contributed by atoms with van der Waals surface area (Å²) in [5, 5.41) is 39.2. The Hall–Kier alpha value is -2.59. The molecule has 1 aromatic heterocycles. The predicted molar refractivity (Wildman–Crippen MR) is 93.2 cm³/mol. The Kier molecular flexibility index (Phi) is 5.74. The fourth-order valence-corrected chi connectivity index (χ4v) is 2.43. The van der Waals surface area contributed by atoms with Crippen molar-refractivity contribution in [2.75, 3.05) is 11.9 Å². The van der Waals surface area contributed by atoms with Crippen LogP contribution in [0.15, 0.2) is 29.1 Å². The van der Waals surface area contributed by atoms with Gasteiger partial charge in [-0.15, -0.1) is 0 Å². The highest BCUT2D eigenvalue weighted by atomic mass is 16.4. The van der Waals surface area contributed by atoms with E-state index < -0.39 is 42.3 Å². The monoisotopic (exact) mass is 365 g/mol. The molecule has 26 heavy (non-hydrogen) atoms. The zero-order valence-electron chi connectivity index (χ0n) is 14.9. The maximum Gasteiger partial charge on any atom is 0.259 e. The Bertz CT molecular complexity index is 900. The molecule has 4 atom stereocenters. The van der Waals surface area contributed by atoms with Crippen molar-refractivity contribution in [3.8, 4) is 0 Å². The fourth-order valence-electron chi connectivity index (χ4n) is 2.43. The van der Waals surface area contributed by atoms with Gasteiger partial charge in [0.2, 0.25) is 0 Å². The first kappa shape index (κ1) is 18.2. The molecule has 0 radical (unpaired) electrons. The minimum Gasteiger partial charge on any atom is -0.394 e. The fraction of sp³-hybridized carbons (Fsp3) is 0.353. The van der Waals surface area contributed by atoms with Crippen LogP contribution in [0.1, 0.15) is 17.3 Å². The molecule has 0 amide bonds. The van der Waals surface area contributed by atoms with Crippen LogP contribution in [0.3, 0.4) is 0 Å². The number of hydrogen-bond donors (Lipinski definition) is 6. The normalized spacial score (nSPS) is 16.4. The van der Waals surface area contributed by atoms with E-state index in [-0.39, 0.29) is 17.5 Å². The Balaban J connectivity index is 2.39. The highest BCUT2D eigenvalue weighted by Gasteiger charge is 2.31. The van der Waals surface area contributed by atoms with Gasteiger partial charge >= 0.3 is 0 Å². The number of carbonyl (C=O) groups excluding carboxylic acids is 2. The van der Waals surface area contributed by atoms with E-state index in [9.17, 15) is 29.7 Å². The van der Waals surface area contributed by atoms with Crippen LogP contribution in [-0.2, 0) is 4.79 Å². The molecule has 0 fully saturated rings. The van der Waals surface area contributed by atoms with Gasteiger partial charge in [0.05, 0.1) is 17.7 Å². The highest BCUT2D eigenvalue weighted by Crippen LogP contribution is 2.19. The smallest absolute Gasteiger partial charge is 0.259 e. The lowest BCUT2D eigenvalue weighted by Gasteiger charge is -2.26. The van der Waals surface area contributed by atoms with E-state index in [4.69, 9.17) is 6.52 Å². The van der Waals surface area contributed by atoms with E-state index in [1.54, 1.807) is 0 Å². The minimum absolute atomic E-state index is 0.0136. The molecule has 0 spiro atoms. The summed E-state index contributed by atoms with van der Waals surface area (Å²) < 4.78 is 8.07. The summed E-state index contributed by atoms with van der Waals surface area (Å²) in [5.74, 6) is -0.398. The lowest BCUT2D eigenvalue weighted by Crippen LogP contribution is -2.49. The molecule has 0 aliphatic carbocycles. The van der Waals surface area contributed by atoms with Crippen LogP contribution in [0.25, 0.3) is 10.9 Å². The van der Waals surface area contributed by atoms with Gasteiger partial charge in [-0.1, -0.05) is 6.07 Å². The van der Waals surface area contributed by atoms with Gasteiger partial charge in [0.1, 0.15) is 30.6 Å². The molecule has 140 valence electrons. The molecule has 9 nitrogen and oxygen atoms in total. The van der Waals surface area contributed by atoms with Crippen molar-refractivity contribution in [3.63, 3.8) is 0 Å². The number of carbonyl (C=O) groups is 2. The third-order valence-electron chi connectivity index (χ3n) is 3.93. The number of aldehydes is 1. The molecule has 1 aromatic carbocycles. The number of pyridine rings is 1. The van der Waals surface area contributed by atoms with Crippen molar-refractivity contribution in [2.24, 2.45) is 0 Å². The SMILES string of the molecule is [2H]N(c1ccc2cc(C(C)=O)c(=O)[nH]c2c1)[C@@H](C=O)[C@@H](O)[C@H](O)[C@H](O)CO. The molecule has 6 N–H and O–H groups in total. The second kappa shape index (κ2) is 8.19. The Morgan fingerprint density at radius 3 is 2.58 bits per heavy atom. The van der Waals surface area contributed by atoms with Crippen molar-refractivity contribution in [1.29, 1.82) is 0 Å². The Morgan fingerprint density at radius 1 is 1.31 bits per heavy atom. The van der Waals surface area contributed by atoms with E-state index in [0.717, 1.165) is 0 Å². The number of aliphatic hydroxyl groups excluding tert-OH is 4. The number of anilines is 1. The Morgan fingerprint density at radius 2 is 2.00 bits per heavy atom. The van der Waals surface area contributed by atoms with Gasteiger partial charge in [0.15, 0.2) is 7.20 Å². The van der Waals surface area contributed by atoms with Gasteiger partial charge in [-0.05, 0) is 30.5 Å². The molecule has 2 aromatic rings.